The summed E-state index contributed by atoms with van der Waals surface area (Å²) in [5.41, 5.74) is 3.75. The topological polar surface area (TPSA) is 134 Å². The maximum absolute atomic E-state index is 14.0. The first-order valence-corrected chi connectivity index (χ1v) is 16.3. The Hall–Kier alpha value is -4.47. The molecule has 3 aromatic heterocycles. The molecule has 0 spiro atoms. The Morgan fingerprint density at radius 2 is 1.72 bits per heavy atom. The zero-order valence-electron chi connectivity index (χ0n) is 24.2. The summed E-state index contributed by atoms with van der Waals surface area (Å²) < 4.78 is 27.2. The third-order valence-corrected chi connectivity index (χ3v) is 8.49. The van der Waals surface area contributed by atoms with E-state index in [1.54, 1.807) is 35.0 Å². The molecule has 0 unspecified atom stereocenters. The summed E-state index contributed by atoms with van der Waals surface area (Å²) in [7, 11) is -3.37. The van der Waals surface area contributed by atoms with Gasteiger partial charge in [0.1, 0.15) is 11.5 Å². The lowest BCUT2D eigenvalue weighted by Crippen LogP contribution is -2.43. The molecular weight excluding hydrogens is 564 g/mol. The number of pyridine rings is 2. The second-order valence-corrected chi connectivity index (χ2v) is 12.8. The predicted octanol–water partition coefficient (Wildman–Crippen LogP) is 3.53. The van der Waals surface area contributed by atoms with Gasteiger partial charge in [-0.25, -0.2) is 18.4 Å². The largest absolute Gasteiger partial charge is 0.368 e. The summed E-state index contributed by atoms with van der Waals surface area (Å²) in [4.78, 5) is 30.2. The highest BCUT2D eigenvalue weighted by Crippen LogP contribution is 2.32. The van der Waals surface area contributed by atoms with Crippen LogP contribution in [0.3, 0.4) is 0 Å². The van der Waals surface area contributed by atoms with Crippen LogP contribution in [0.4, 0.5) is 23.1 Å². The summed E-state index contributed by atoms with van der Waals surface area (Å²) >= 11 is 0. The molecule has 12 heteroatoms. The molecule has 222 valence electrons. The first-order valence-electron chi connectivity index (χ1n) is 14.5. The summed E-state index contributed by atoms with van der Waals surface area (Å²) in [6.07, 6.45) is 8.62. The fraction of sp³-hybridized carbons (Fsp3) is 0.355. The van der Waals surface area contributed by atoms with Crippen LogP contribution in [0.2, 0.25) is 0 Å². The number of aromatic nitrogens is 4. The van der Waals surface area contributed by atoms with Gasteiger partial charge in [0.15, 0.2) is 0 Å². The van der Waals surface area contributed by atoms with Gasteiger partial charge in [-0.05, 0) is 61.7 Å². The van der Waals surface area contributed by atoms with E-state index in [0.29, 0.717) is 34.2 Å². The van der Waals surface area contributed by atoms with Crippen LogP contribution < -0.4 is 25.8 Å². The second-order valence-electron chi connectivity index (χ2n) is 11.0. The molecule has 1 aromatic carbocycles. The van der Waals surface area contributed by atoms with Crippen molar-refractivity contribution in [2.24, 2.45) is 0 Å². The Morgan fingerprint density at radius 3 is 2.40 bits per heavy atom. The molecular formula is C31H34N8O3S. The third kappa shape index (κ3) is 6.48. The van der Waals surface area contributed by atoms with Crippen molar-refractivity contribution in [1.29, 1.82) is 0 Å². The molecule has 4 aromatic rings. The minimum atomic E-state index is -3.37. The van der Waals surface area contributed by atoms with E-state index in [1.165, 1.54) is 0 Å². The number of hydrogen-bond donors (Lipinski definition) is 3. The van der Waals surface area contributed by atoms with E-state index in [2.05, 4.69) is 42.1 Å². The molecule has 2 aliphatic rings. The number of sulfonamides is 1. The van der Waals surface area contributed by atoms with Crippen LogP contribution in [0.1, 0.15) is 48.4 Å². The molecule has 1 aliphatic carbocycles. The fourth-order valence-electron chi connectivity index (χ4n) is 5.70. The molecule has 11 nitrogen and oxygen atoms in total. The number of nitrogens with zero attached hydrogens (tertiary/aromatic N) is 5. The Balaban J connectivity index is 1.33. The van der Waals surface area contributed by atoms with Crippen LogP contribution in [0.5, 0.6) is 0 Å². The monoisotopic (exact) mass is 598 g/mol. The summed E-state index contributed by atoms with van der Waals surface area (Å²) in [6, 6.07) is 10.7. The smallest absolute Gasteiger partial charge is 0.268 e. The molecule has 0 atom stereocenters. The summed E-state index contributed by atoms with van der Waals surface area (Å²) in [5.74, 6) is 7.18. The molecule has 2 fully saturated rings. The van der Waals surface area contributed by atoms with Crippen molar-refractivity contribution in [3.8, 4) is 11.8 Å². The average molecular weight is 599 g/mol. The lowest BCUT2D eigenvalue weighted by atomic mass is 10.1. The number of rotatable bonds is 6. The van der Waals surface area contributed by atoms with Crippen molar-refractivity contribution >= 4 is 44.2 Å². The van der Waals surface area contributed by atoms with E-state index in [4.69, 9.17) is 4.98 Å². The SMILES string of the molecule is Cc1c(C#Cc2ccc(NS(C)(=O)=O)cc2)c(=O)n(C2CCCC2)c2nc(Nc3ccc(N4CCNCC4)cn3)ncc12. The maximum atomic E-state index is 14.0. The number of hydrogen-bond acceptors (Lipinski definition) is 9. The Labute approximate surface area is 250 Å². The molecule has 6 rings (SSSR count). The quantitative estimate of drug-likeness (QED) is 0.285. The highest BCUT2D eigenvalue weighted by atomic mass is 32.2. The summed E-state index contributed by atoms with van der Waals surface area (Å²) in [6.45, 7) is 5.68. The van der Waals surface area contributed by atoms with Gasteiger partial charge >= 0.3 is 0 Å². The first kappa shape index (κ1) is 28.6. The maximum Gasteiger partial charge on any atom is 0.268 e. The van der Waals surface area contributed by atoms with Gasteiger partial charge in [-0.1, -0.05) is 24.7 Å². The zero-order chi connectivity index (χ0) is 30.0. The van der Waals surface area contributed by atoms with Gasteiger partial charge in [-0.3, -0.25) is 14.1 Å². The van der Waals surface area contributed by atoms with Gasteiger partial charge in [0.25, 0.3) is 5.56 Å². The van der Waals surface area contributed by atoms with Crippen molar-refractivity contribution < 1.29 is 8.42 Å². The van der Waals surface area contributed by atoms with Gasteiger partial charge < -0.3 is 15.5 Å². The molecule has 0 amide bonds. The van der Waals surface area contributed by atoms with Crippen molar-refractivity contribution in [1.82, 2.24) is 24.8 Å². The number of fused-ring (bicyclic) bond motifs is 1. The van der Waals surface area contributed by atoms with E-state index in [9.17, 15) is 13.2 Å². The normalized spacial score (nSPS) is 15.7. The number of piperazine rings is 1. The molecule has 1 aliphatic heterocycles. The van der Waals surface area contributed by atoms with Gasteiger partial charge in [0, 0.05) is 55.1 Å². The zero-order valence-corrected chi connectivity index (χ0v) is 25.0. The van der Waals surface area contributed by atoms with E-state index >= 15 is 0 Å². The van der Waals surface area contributed by atoms with E-state index in [1.807, 2.05) is 25.3 Å². The van der Waals surface area contributed by atoms with Crippen molar-refractivity contribution in [3.05, 3.63) is 75.8 Å². The highest BCUT2D eigenvalue weighted by Gasteiger charge is 2.24. The fourth-order valence-corrected chi connectivity index (χ4v) is 6.26. The number of nitrogens with one attached hydrogen (secondary N) is 3. The van der Waals surface area contributed by atoms with Crippen LogP contribution in [-0.2, 0) is 10.0 Å². The predicted molar refractivity (Wildman–Crippen MR) is 170 cm³/mol. The first-order chi connectivity index (χ1) is 20.7. The average Bonchev–Trinajstić information content (AvgIpc) is 3.53. The second kappa shape index (κ2) is 12.0. The molecule has 4 heterocycles. The van der Waals surface area contributed by atoms with Crippen LogP contribution in [0, 0.1) is 18.8 Å². The van der Waals surface area contributed by atoms with Crippen molar-refractivity contribution in [3.63, 3.8) is 0 Å². The molecule has 3 N–H and O–H groups in total. The molecule has 43 heavy (non-hydrogen) atoms. The van der Waals surface area contributed by atoms with E-state index < -0.39 is 10.0 Å². The van der Waals surface area contributed by atoms with Gasteiger partial charge in [0.05, 0.1) is 23.7 Å². The van der Waals surface area contributed by atoms with Crippen LogP contribution in [0.25, 0.3) is 11.0 Å². The minimum Gasteiger partial charge on any atom is -0.368 e. The lowest BCUT2D eigenvalue weighted by Gasteiger charge is -2.29. The van der Waals surface area contributed by atoms with Gasteiger partial charge in [0.2, 0.25) is 16.0 Å². The third-order valence-electron chi connectivity index (χ3n) is 7.89. The lowest BCUT2D eigenvalue weighted by molar-refractivity contribution is 0.515. The summed E-state index contributed by atoms with van der Waals surface area (Å²) in [5, 5.41) is 7.35. The Kier molecular flexibility index (Phi) is 8.01. The van der Waals surface area contributed by atoms with Crippen LogP contribution >= 0.6 is 0 Å². The van der Waals surface area contributed by atoms with Crippen molar-refractivity contribution in [2.75, 3.05) is 47.4 Å². The molecule has 0 bridgehead atoms. The van der Waals surface area contributed by atoms with Crippen LogP contribution in [0.15, 0.2) is 53.6 Å². The Morgan fingerprint density at radius 1 is 0.977 bits per heavy atom. The minimum absolute atomic E-state index is 0.0386. The number of aryl methyl sites for hydroxylation is 1. The number of anilines is 4. The number of benzene rings is 1. The Bertz CT molecular complexity index is 1870. The molecule has 1 saturated heterocycles. The molecule has 1 saturated carbocycles. The van der Waals surface area contributed by atoms with Crippen molar-refractivity contribution in [2.45, 2.75) is 38.6 Å². The van der Waals surface area contributed by atoms with Gasteiger partial charge in [-0.2, -0.15) is 4.98 Å². The van der Waals surface area contributed by atoms with E-state index in [0.717, 1.165) is 74.8 Å². The standard InChI is InChI=1S/C31H34N8O3S/c1-21-26(13-9-22-7-10-23(11-8-22)37-43(2,41)42)30(40)39(24-5-3-4-6-24)29-27(21)20-34-31(36-29)35-28-14-12-25(19-33-28)38-17-15-32-16-18-38/h7-8,10-12,14,19-20,24,32,37H,3-6,15-18H2,1-2H3,(H,33,34,35,36). The van der Waals surface area contributed by atoms with Crippen LogP contribution in [-0.4, -0.2) is 60.4 Å². The van der Waals surface area contributed by atoms with Gasteiger partial charge in [-0.15, -0.1) is 0 Å². The van der Waals surface area contributed by atoms with E-state index in [-0.39, 0.29) is 11.6 Å². The highest BCUT2D eigenvalue weighted by molar-refractivity contribution is 7.92. The molecule has 0 radical (unpaired) electrons.